The Hall–Kier alpha value is -3.73. The first-order valence-electron chi connectivity index (χ1n) is 10.4. The van der Waals surface area contributed by atoms with E-state index in [1.54, 1.807) is 12.1 Å². The summed E-state index contributed by atoms with van der Waals surface area (Å²) in [5.74, 6) is 0.446. The van der Waals surface area contributed by atoms with Gasteiger partial charge in [0.05, 0.1) is 10.9 Å². The molecule has 0 saturated carbocycles. The largest absolute Gasteiger partial charge is 0.355 e. The van der Waals surface area contributed by atoms with Crippen molar-refractivity contribution in [3.8, 4) is 0 Å². The number of amides is 1. The van der Waals surface area contributed by atoms with Crippen LogP contribution in [0.3, 0.4) is 0 Å². The van der Waals surface area contributed by atoms with Gasteiger partial charge in [-0.25, -0.2) is 4.98 Å². The third kappa shape index (κ3) is 4.56. The van der Waals surface area contributed by atoms with E-state index in [1.807, 2.05) is 48.5 Å². The maximum Gasteiger partial charge on any atom is 0.258 e. The lowest BCUT2D eigenvalue weighted by Gasteiger charge is -2.31. The van der Waals surface area contributed by atoms with Crippen LogP contribution in [0.5, 0.6) is 0 Å². The highest BCUT2D eigenvalue weighted by molar-refractivity contribution is 5.78. The van der Waals surface area contributed by atoms with Crippen molar-refractivity contribution in [2.75, 3.05) is 6.54 Å². The summed E-state index contributed by atoms with van der Waals surface area (Å²) < 4.78 is 0. The highest BCUT2D eigenvalue weighted by atomic mass is 16.1. The van der Waals surface area contributed by atoms with E-state index in [0.717, 1.165) is 11.1 Å². The number of H-pyrrole nitrogens is 1. The zero-order chi connectivity index (χ0) is 21.7. The minimum Gasteiger partial charge on any atom is -0.355 e. The van der Waals surface area contributed by atoms with Crippen molar-refractivity contribution in [3.63, 3.8) is 0 Å². The van der Waals surface area contributed by atoms with Crippen LogP contribution in [0, 0.1) is 0 Å². The Labute approximate surface area is 181 Å². The van der Waals surface area contributed by atoms with Gasteiger partial charge >= 0.3 is 0 Å². The molecule has 1 amide bonds. The van der Waals surface area contributed by atoms with Gasteiger partial charge in [0.15, 0.2) is 0 Å². The number of aromatic amines is 1. The molecule has 0 fully saturated rings. The minimum absolute atomic E-state index is 0.0751. The van der Waals surface area contributed by atoms with Crippen LogP contribution in [0.15, 0.2) is 89.7 Å². The smallest absolute Gasteiger partial charge is 0.258 e. The number of carbonyl (C=O) groups is 1. The number of nitrogens with one attached hydrogen (secondary N) is 2. The molecule has 2 N–H and O–H groups in total. The summed E-state index contributed by atoms with van der Waals surface area (Å²) in [6, 6.07) is 27.6. The Morgan fingerprint density at radius 1 is 0.903 bits per heavy atom. The fourth-order valence-electron chi connectivity index (χ4n) is 3.83. The van der Waals surface area contributed by atoms with Crippen molar-refractivity contribution in [3.05, 3.63) is 112 Å². The fraction of sp³-hybridized carbons (Fsp3) is 0.192. The number of carbonyl (C=O) groups excluding carboxylic acids is 1. The monoisotopic (exact) mass is 411 g/mol. The molecule has 1 aromatic heterocycles. The van der Waals surface area contributed by atoms with Gasteiger partial charge < -0.3 is 10.3 Å². The van der Waals surface area contributed by atoms with Crippen molar-refractivity contribution < 1.29 is 4.79 Å². The number of para-hydroxylation sites is 1. The average Bonchev–Trinajstić information content (AvgIpc) is 2.82. The lowest BCUT2D eigenvalue weighted by molar-refractivity contribution is -0.121. The second kappa shape index (κ2) is 8.96. The van der Waals surface area contributed by atoms with Gasteiger partial charge in [-0.05, 0) is 30.2 Å². The third-order valence-electron chi connectivity index (χ3n) is 5.71. The van der Waals surface area contributed by atoms with Crippen LogP contribution >= 0.6 is 0 Å². The van der Waals surface area contributed by atoms with Gasteiger partial charge in [0.25, 0.3) is 5.56 Å². The highest BCUT2D eigenvalue weighted by Crippen LogP contribution is 2.31. The van der Waals surface area contributed by atoms with E-state index in [-0.39, 0.29) is 23.3 Å². The number of aryl methyl sites for hydroxylation is 1. The van der Waals surface area contributed by atoms with Gasteiger partial charge in [0, 0.05) is 24.8 Å². The second-order valence-corrected chi connectivity index (χ2v) is 7.87. The molecule has 4 aromatic rings. The van der Waals surface area contributed by atoms with Gasteiger partial charge in [-0.2, -0.15) is 0 Å². The van der Waals surface area contributed by atoms with Crippen molar-refractivity contribution in [1.82, 2.24) is 15.3 Å². The van der Waals surface area contributed by atoms with Gasteiger partial charge in [0.1, 0.15) is 5.82 Å². The number of rotatable bonds is 7. The molecule has 1 heterocycles. The Kier molecular flexibility index (Phi) is 5.94. The van der Waals surface area contributed by atoms with Crippen LogP contribution in [0.4, 0.5) is 0 Å². The van der Waals surface area contributed by atoms with E-state index in [2.05, 4.69) is 46.5 Å². The lowest BCUT2D eigenvalue weighted by Crippen LogP contribution is -2.39. The average molecular weight is 412 g/mol. The predicted molar refractivity (Wildman–Crippen MR) is 123 cm³/mol. The van der Waals surface area contributed by atoms with Crippen molar-refractivity contribution in [1.29, 1.82) is 0 Å². The van der Waals surface area contributed by atoms with E-state index in [9.17, 15) is 9.59 Å². The van der Waals surface area contributed by atoms with Gasteiger partial charge in [-0.15, -0.1) is 0 Å². The van der Waals surface area contributed by atoms with E-state index < -0.39 is 0 Å². The maximum absolute atomic E-state index is 12.6. The first-order valence-corrected chi connectivity index (χ1v) is 10.4. The number of benzene rings is 3. The molecule has 31 heavy (non-hydrogen) atoms. The number of hydrogen-bond donors (Lipinski definition) is 2. The first kappa shape index (κ1) is 20.5. The Bertz CT molecular complexity index is 1190. The van der Waals surface area contributed by atoms with Crippen LogP contribution in [-0.4, -0.2) is 22.4 Å². The van der Waals surface area contributed by atoms with Gasteiger partial charge in [-0.3, -0.25) is 9.59 Å². The lowest BCUT2D eigenvalue weighted by atomic mass is 9.76. The number of nitrogens with zero attached hydrogens (tertiary/aromatic N) is 1. The van der Waals surface area contributed by atoms with E-state index in [1.165, 1.54) is 0 Å². The molecule has 0 aliphatic carbocycles. The Balaban J connectivity index is 1.46. The summed E-state index contributed by atoms with van der Waals surface area (Å²) in [7, 11) is 0. The third-order valence-corrected chi connectivity index (χ3v) is 5.71. The van der Waals surface area contributed by atoms with E-state index in [0.29, 0.717) is 29.7 Å². The Morgan fingerprint density at radius 2 is 1.48 bits per heavy atom. The molecule has 0 radical (unpaired) electrons. The van der Waals surface area contributed by atoms with Crippen LogP contribution in [0.1, 0.15) is 30.3 Å². The van der Waals surface area contributed by atoms with Crippen molar-refractivity contribution in [2.45, 2.75) is 25.2 Å². The van der Waals surface area contributed by atoms with Gasteiger partial charge in [0.2, 0.25) is 5.91 Å². The topological polar surface area (TPSA) is 74.8 Å². The SMILES string of the molecule is CC(CNC(=O)CCc1nc2ccccc2c(=O)[nH]1)(c1ccccc1)c1ccccc1. The molecule has 0 aliphatic heterocycles. The summed E-state index contributed by atoms with van der Waals surface area (Å²) in [4.78, 5) is 32.1. The summed E-state index contributed by atoms with van der Waals surface area (Å²) in [6.45, 7) is 2.61. The zero-order valence-corrected chi connectivity index (χ0v) is 17.5. The van der Waals surface area contributed by atoms with Gasteiger partial charge in [-0.1, -0.05) is 72.8 Å². The van der Waals surface area contributed by atoms with Crippen LogP contribution in [0.25, 0.3) is 10.9 Å². The number of aromatic nitrogens is 2. The predicted octanol–water partition coefficient (Wildman–Crippen LogP) is 3.98. The summed E-state index contributed by atoms with van der Waals surface area (Å²) >= 11 is 0. The summed E-state index contributed by atoms with van der Waals surface area (Å²) in [5, 5.41) is 3.64. The molecule has 5 heteroatoms. The van der Waals surface area contributed by atoms with Crippen molar-refractivity contribution in [2.24, 2.45) is 0 Å². The standard InChI is InChI=1S/C26H25N3O2/c1-26(19-10-4-2-5-11-19,20-12-6-3-7-13-20)18-27-24(30)17-16-23-28-22-15-9-8-14-21(22)25(31)29-23/h2-15H,16-18H2,1H3,(H,27,30)(H,28,29,31). The molecule has 0 atom stereocenters. The molecule has 3 aromatic carbocycles. The molecule has 0 bridgehead atoms. The molecule has 156 valence electrons. The number of hydrogen-bond acceptors (Lipinski definition) is 3. The molecule has 0 unspecified atom stereocenters. The van der Waals surface area contributed by atoms with Crippen LogP contribution in [-0.2, 0) is 16.6 Å². The Morgan fingerprint density at radius 3 is 2.13 bits per heavy atom. The fourth-order valence-corrected chi connectivity index (χ4v) is 3.83. The summed E-state index contributed by atoms with van der Waals surface area (Å²) in [5.41, 5.74) is 2.39. The molecule has 0 aliphatic rings. The molecular weight excluding hydrogens is 386 g/mol. The maximum atomic E-state index is 12.6. The minimum atomic E-state index is -0.353. The first-order chi connectivity index (χ1) is 15.1. The van der Waals surface area contributed by atoms with Crippen LogP contribution < -0.4 is 10.9 Å². The molecule has 0 saturated heterocycles. The number of fused-ring (bicyclic) bond motifs is 1. The van der Waals surface area contributed by atoms with E-state index >= 15 is 0 Å². The zero-order valence-electron chi connectivity index (χ0n) is 17.5. The van der Waals surface area contributed by atoms with Crippen molar-refractivity contribution >= 4 is 16.8 Å². The second-order valence-electron chi connectivity index (χ2n) is 7.87. The molecular formula is C26H25N3O2. The summed E-state index contributed by atoms with van der Waals surface area (Å²) in [6.07, 6.45) is 0.625. The molecule has 5 nitrogen and oxygen atoms in total. The molecule has 4 rings (SSSR count). The quantitative estimate of drug-likeness (QED) is 0.483. The van der Waals surface area contributed by atoms with E-state index in [4.69, 9.17) is 0 Å². The highest BCUT2D eigenvalue weighted by Gasteiger charge is 2.29. The molecule has 0 spiro atoms. The van der Waals surface area contributed by atoms with Crippen LogP contribution in [0.2, 0.25) is 0 Å². The normalized spacial score (nSPS) is 11.4.